The predicted octanol–water partition coefficient (Wildman–Crippen LogP) is 6.05. The minimum Gasteiger partial charge on any atom is -0.205 e. The Kier molecular flexibility index (Phi) is 3.61. The first kappa shape index (κ1) is 13.1. The third-order valence-electron chi connectivity index (χ3n) is 2.92. The van der Waals surface area contributed by atoms with Crippen LogP contribution in [0.4, 0.5) is 4.39 Å². The molecule has 3 rings (SSSR count). The van der Waals surface area contributed by atoms with E-state index < -0.39 is 0 Å². The van der Waals surface area contributed by atoms with Crippen LogP contribution in [0.25, 0.3) is 10.1 Å². The first-order valence-electron chi connectivity index (χ1n) is 5.74. The zero-order chi connectivity index (χ0) is 13.4. The summed E-state index contributed by atoms with van der Waals surface area (Å²) in [4.78, 5) is 1.11. The minimum atomic E-state index is -0.158. The lowest BCUT2D eigenvalue weighted by Crippen LogP contribution is -1.86. The van der Waals surface area contributed by atoms with Crippen LogP contribution in [0.2, 0.25) is 5.02 Å². The van der Waals surface area contributed by atoms with Gasteiger partial charge in [-0.25, -0.2) is 4.39 Å². The van der Waals surface area contributed by atoms with Gasteiger partial charge in [0.2, 0.25) is 0 Å². The molecule has 0 spiro atoms. The maximum atomic E-state index is 13.7. The van der Waals surface area contributed by atoms with Crippen molar-refractivity contribution < 1.29 is 4.39 Å². The van der Waals surface area contributed by atoms with Crippen molar-refractivity contribution in [3.8, 4) is 0 Å². The highest BCUT2D eigenvalue weighted by Gasteiger charge is 2.08. The number of thiophene rings is 1. The molecule has 0 amide bonds. The molecule has 1 aromatic heterocycles. The van der Waals surface area contributed by atoms with E-state index in [0.717, 1.165) is 31.7 Å². The van der Waals surface area contributed by atoms with Gasteiger partial charge in [0.15, 0.2) is 0 Å². The van der Waals surface area contributed by atoms with E-state index >= 15 is 0 Å². The van der Waals surface area contributed by atoms with Crippen LogP contribution in [0.3, 0.4) is 0 Å². The highest BCUT2D eigenvalue weighted by atomic mass is 79.9. The molecule has 0 aliphatic heterocycles. The first-order chi connectivity index (χ1) is 9.13. The topological polar surface area (TPSA) is 0 Å². The fourth-order valence-corrected chi connectivity index (χ4v) is 3.71. The van der Waals surface area contributed by atoms with Crippen molar-refractivity contribution in [1.29, 1.82) is 0 Å². The molecule has 0 fully saturated rings. The van der Waals surface area contributed by atoms with E-state index in [1.54, 1.807) is 6.07 Å². The molecule has 0 aliphatic rings. The van der Waals surface area contributed by atoms with Gasteiger partial charge in [-0.3, -0.25) is 0 Å². The Morgan fingerprint density at radius 1 is 1.16 bits per heavy atom. The van der Waals surface area contributed by atoms with E-state index in [9.17, 15) is 4.39 Å². The first-order valence-corrected chi connectivity index (χ1v) is 7.73. The van der Waals surface area contributed by atoms with Gasteiger partial charge in [-0.1, -0.05) is 39.7 Å². The SMILES string of the molecule is Fc1cccc2cc(Cc3cc(Br)ccc3Cl)sc12. The van der Waals surface area contributed by atoms with Gasteiger partial charge < -0.3 is 0 Å². The van der Waals surface area contributed by atoms with Gasteiger partial charge in [0.25, 0.3) is 0 Å². The fraction of sp³-hybridized carbons (Fsp3) is 0.0667. The summed E-state index contributed by atoms with van der Waals surface area (Å²) in [5.41, 5.74) is 1.04. The number of hydrogen-bond donors (Lipinski definition) is 0. The van der Waals surface area contributed by atoms with Crippen LogP contribution in [0.1, 0.15) is 10.4 Å². The van der Waals surface area contributed by atoms with E-state index in [-0.39, 0.29) is 5.82 Å². The average Bonchev–Trinajstić information content (AvgIpc) is 2.78. The number of hydrogen-bond acceptors (Lipinski definition) is 1. The lowest BCUT2D eigenvalue weighted by Gasteiger charge is -2.02. The van der Waals surface area contributed by atoms with Crippen molar-refractivity contribution in [3.63, 3.8) is 0 Å². The second-order valence-electron chi connectivity index (χ2n) is 4.28. The lowest BCUT2D eigenvalue weighted by molar-refractivity contribution is 0.642. The lowest BCUT2D eigenvalue weighted by atomic mass is 10.1. The molecular weight excluding hydrogens is 347 g/mol. The highest BCUT2D eigenvalue weighted by Crippen LogP contribution is 2.31. The van der Waals surface area contributed by atoms with E-state index in [4.69, 9.17) is 11.6 Å². The summed E-state index contributed by atoms with van der Waals surface area (Å²) in [6, 6.07) is 13.0. The van der Waals surface area contributed by atoms with Gasteiger partial charge in [0, 0.05) is 20.8 Å². The summed E-state index contributed by atoms with van der Waals surface area (Å²) < 4.78 is 15.4. The number of halogens is 3. The molecule has 4 heteroatoms. The van der Waals surface area contributed by atoms with Crippen LogP contribution in [0, 0.1) is 5.82 Å². The molecule has 0 radical (unpaired) electrons. The van der Waals surface area contributed by atoms with E-state index in [2.05, 4.69) is 15.9 Å². The van der Waals surface area contributed by atoms with E-state index in [1.807, 2.05) is 30.3 Å². The summed E-state index contributed by atoms with van der Waals surface area (Å²) in [6.07, 6.45) is 0.719. The maximum absolute atomic E-state index is 13.7. The van der Waals surface area contributed by atoms with Gasteiger partial charge in [0.05, 0.1) is 4.70 Å². The highest BCUT2D eigenvalue weighted by molar-refractivity contribution is 9.10. The Bertz CT molecular complexity index is 751. The van der Waals surface area contributed by atoms with Crippen LogP contribution in [0.5, 0.6) is 0 Å². The molecule has 0 saturated carbocycles. The molecule has 0 unspecified atom stereocenters. The second-order valence-corrected chi connectivity index (χ2v) is 6.74. The zero-order valence-corrected chi connectivity index (χ0v) is 12.9. The Morgan fingerprint density at radius 3 is 2.79 bits per heavy atom. The normalized spacial score (nSPS) is 11.1. The fourth-order valence-electron chi connectivity index (χ4n) is 2.03. The number of rotatable bonds is 2. The third kappa shape index (κ3) is 2.69. The Hall–Kier alpha value is -0.900. The van der Waals surface area contributed by atoms with E-state index in [1.165, 1.54) is 17.4 Å². The van der Waals surface area contributed by atoms with Crippen LogP contribution in [-0.2, 0) is 6.42 Å². The van der Waals surface area contributed by atoms with Crippen LogP contribution >= 0.6 is 38.9 Å². The third-order valence-corrected chi connectivity index (χ3v) is 4.94. The summed E-state index contributed by atoms with van der Waals surface area (Å²) in [5, 5.41) is 1.69. The quantitative estimate of drug-likeness (QED) is 0.525. The summed E-state index contributed by atoms with van der Waals surface area (Å²) in [6.45, 7) is 0. The summed E-state index contributed by atoms with van der Waals surface area (Å²) in [7, 11) is 0. The average molecular weight is 356 g/mol. The molecule has 0 saturated heterocycles. The molecule has 2 aromatic carbocycles. The van der Waals surface area contributed by atoms with Crippen LogP contribution in [0.15, 0.2) is 46.9 Å². The molecule has 0 atom stereocenters. The van der Waals surface area contributed by atoms with Crippen molar-refractivity contribution in [3.05, 3.63) is 68.2 Å². The second kappa shape index (κ2) is 5.23. The minimum absolute atomic E-state index is 0.158. The van der Waals surface area contributed by atoms with Gasteiger partial charge >= 0.3 is 0 Å². The van der Waals surface area contributed by atoms with Crippen LogP contribution in [-0.4, -0.2) is 0 Å². The largest absolute Gasteiger partial charge is 0.205 e. The molecule has 0 nitrogen and oxygen atoms in total. The van der Waals surface area contributed by atoms with Gasteiger partial charge in [-0.05, 0) is 41.3 Å². The molecule has 0 aliphatic carbocycles. The van der Waals surface area contributed by atoms with Gasteiger partial charge in [-0.15, -0.1) is 11.3 Å². The number of benzene rings is 2. The Morgan fingerprint density at radius 2 is 2.00 bits per heavy atom. The Balaban J connectivity index is 2.01. The number of fused-ring (bicyclic) bond motifs is 1. The van der Waals surface area contributed by atoms with Gasteiger partial charge in [0.1, 0.15) is 5.82 Å². The van der Waals surface area contributed by atoms with Crippen molar-refractivity contribution in [2.75, 3.05) is 0 Å². The monoisotopic (exact) mass is 354 g/mol. The standard InChI is InChI=1S/C15H9BrClFS/c16-11-4-5-13(17)10(6-11)8-12-7-9-2-1-3-14(18)15(9)19-12/h1-7H,8H2. The summed E-state index contributed by atoms with van der Waals surface area (Å²) >= 11 is 11.1. The smallest absolute Gasteiger partial charge is 0.140 e. The predicted molar refractivity (Wildman–Crippen MR) is 83.7 cm³/mol. The summed E-state index contributed by atoms with van der Waals surface area (Å²) in [5.74, 6) is -0.158. The van der Waals surface area contributed by atoms with Crippen molar-refractivity contribution in [2.24, 2.45) is 0 Å². The van der Waals surface area contributed by atoms with Crippen molar-refractivity contribution in [2.45, 2.75) is 6.42 Å². The van der Waals surface area contributed by atoms with Crippen LogP contribution < -0.4 is 0 Å². The molecule has 3 aromatic rings. The molecule has 96 valence electrons. The molecule has 1 heterocycles. The van der Waals surface area contributed by atoms with Gasteiger partial charge in [-0.2, -0.15) is 0 Å². The molecule has 0 N–H and O–H groups in total. The van der Waals surface area contributed by atoms with Crippen molar-refractivity contribution in [1.82, 2.24) is 0 Å². The maximum Gasteiger partial charge on any atom is 0.140 e. The molecule has 0 bridgehead atoms. The van der Waals surface area contributed by atoms with Crippen molar-refractivity contribution >= 4 is 49.0 Å². The molecule has 19 heavy (non-hydrogen) atoms. The van der Waals surface area contributed by atoms with E-state index in [0.29, 0.717) is 4.70 Å². The Labute approximate surface area is 128 Å². The molecular formula is C15H9BrClFS. The zero-order valence-electron chi connectivity index (χ0n) is 9.79.